The largest absolute Gasteiger partial charge is 0.480 e. The number of rotatable bonds is 6. The number of hydrogen-bond acceptors (Lipinski definition) is 6. The van der Waals surface area contributed by atoms with E-state index in [2.05, 4.69) is 25.6 Å². The zero-order chi connectivity index (χ0) is 20.1. The van der Waals surface area contributed by atoms with Gasteiger partial charge in [0.15, 0.2) is 11.5 Å². The van der Waals surface area contributed by atoms with Crippen molar-refractivity contribution < 1.29 is 22.7 Å². The Hall–Kier alpha value is -3.50. The van der Waals surface area contributed by atoms with Crippen molar-refractivity contribution in [1.29, 1.82) is 0 Å². The summed E-state index contributed by atoms with van der Waals surface area (Å²) < 4.78 is 46.2. The second-order valence-electron chi connectivity index (χ2n) is 5.62. The molecule has 1 N–H and O–H groups in total. The van der Waals surface area contributed by atoms with Crippen LogP contribution in [-0.4, -0.2) is 44.5 Å². The number of carbonyl (C=O) groups excluding carboxylic acids is 1. The van der Waals surface area contributed by atoms with Crippen LogP contribution in [0.15, 0.2) is 42.9 Å². The van der Waals surface area contributed by atoms with Gasteiger partial charge in [-0.3, -0.25) is 9.78 Å². The van der Waals surface area contributed by atoms with Gasteiger partial charge in [0.05, 0.1) is 18.9 Å². The standard InChI is InChI=1S/C17H15F3N6O2/c1-28-14-5-4-13(24-25-14)26-15(17(18,19)20)12(10-23-26)16(27)22-8-6-11-3-2-7-21-9-11/h2-5,7,9-10H,6,8H2,1H3,(H,22,27). The van der Waals surface area contributed by atoms with Gasteiger partial charge in [-0.25, -0.2) is 4.68 Å². The second-order valence-corrected chi connectivity index (χ2v) is 5.62. The molecule has 0 aliphatic rings. The summed E-state index contributed by atoms with van der Waals surface area (Å²) in [7, 11) is 1.35. The van der Waals surface area contributed by atoms with Crippen molar-refractivity contribution in [3.63, 3.8) is 0 Å². The number of carbonyl (C=O) groups is 1. The van der Waals surface area contributed by atoms with E-state index in [1.807, 2.05) is 0 Å². The molecule has 3 aromatic rings. The lowest BCUT2D eigenvalue weighted by Crippen LogP contribution is -2.28. The van der Waals surface area contributed by atoms with Gasteiger partial charge in [-0.2, -0.15) is 18.3 Å². The number of nitrogens with one attached hydrogen (secondary N) is 1. The van der Waals surface area contributed by atoms with Crippen LogP contribution >= 0.6 is 0 Å². The first-order chi connectivity index (χ1) is 13.4. The number of amides is 1. The molecular formula is C17H15F3N6O2. The number of pyridine rings is 1. The fourth-order valence-corrected chi connectivity index (χ4v) is 2.46. The number of ether oxygens (including phenoxy) is 1. The molecule has 3 heterocycles. The third kappa shape index (κ3) is 4.24. The molecule has 3 aromatic heterocycles. The first-order valence-electron chi connectivity index (χ1n) is 8.10. The Morgan fingerprint density at radius 2 is 2.04 bits per heavy atom. The highest BCUT2D eigenvalue weighted by Gasteiger charge is 2.40. The quantitative estimate of drug-likeness (QED) is 0.690. The molecule has 1 amide bonds. The van der Waals surface area contributed by atoms with Crippen LogP contribution in [-0.2, 0) is 12.6 Å². The molecule has 0 radical (unpaired) electrons. The predicted molar refractivity (Wildman–Crippen MR) is 91.0 cm³/mol. The minimum atomic E-state index is -4.83. The molecule has 0 aromatic carbocycles. The van der Waals surface area contributed by atoms with Crippen LogP contribution in [0.25, 0.3) is 5.82 Å². The highest BCUT2D eigenvalue weighted by atomic mass is 19.4. The first-order valence-corrected chi connectivity index (χ1v) is 8.10. The van der Waals surface area contributed by atoms with Gasteiger partial charge in [-0.1, -0.05) is 6.07 Å². The van der Waals surface area contributed by atoms with Crippen molar-refractivity contribution in [3.05, 3.63) is 59.7 Å². The van der Waals surface area contributed by atoms with Crippen molar-refractivity contribution in [2.75, 3.05) is 13.7 Å². The number of halogens is 3. The molecule has 28 heavy (non-hydrogen) atoms. The molecule has 0 atom stereocenters. The van der Waals surface area contributed by atoms with E-state index in [0.29, 0.717) is 11.1 Å². The molecule has 3 rings (SSSR count). The molecule has 0 spiro atoms. The number of alkyl halides is 3. The van der Waals surface area contributed by atoms with Crippen LogP contribution in [0.2, 0.25) is 0 Å². The van der Waals surface area contributed by atoms with Crippen LogP contribution in [0.3, 0.4) is 0 Å². The molecule has 0 aliphatic carbocycles. The third-order valence-corrected chi connectivity index (χ3v) is 3.76. The average Bonchev–Trinajstić information content (AvgIpc) is 3.15. The summed E-state index contributed by atoms with van der Waals surface area (Å²) in [5.74, 6) is -0.940. The van der Waals surface area contributed by atoms with Gasteiger partial charge < -0.3 is 10.1 Å². The molecule has 0 bridgehead atoms. The summed E-state index contributed by atoms with van der Waals surface area (Å²) in [6, 6.07) is 6.15. The van der Waals surface area contributed by atoms with Crippen LogP contribution < -0.4 is 10.1 Å². The SMILES string of the molecule is COc1ccc(-n2ncc(C(=O)NCCc3cccnc3)c2C(F)(F)F)nn1. The Morgan fingerprint density at radius 3 is 2.64 bits per heavy atom. The summed E-state index contributed by atoms with van der Waals surface area (Å²) in [4.78, 5) is 16.3. The van der Waals surface area contributed by atoms with Gasteiger partial charge in [0.25, 0.3) is 5.91 Å². The normalized spacial score (nSPS) is 11.3. The molecule has 11 heteroatoms. The number of methoxy groups -OCH3 is 1. The van der Waals surface area contributed by atoms with E-state index in [9.17, 15) is 18.0 Å². The molecule has 0 fully saturated rings. The zero-order valence-electron chi connectivity index (χ0n) is 14.6. The highest BCUT2D eigenvalue weighted by Crippen LogP contribution is 2.33. The Morgan fingerprint density at radius 1 is 1.21 bits per heavy atom. The van der Waals surface area contributed by atoms with E-state index >= 15 is 0 Å². The van der Waals surface area contributed by atoms with E-state index in [-0.39, 0.29) is 18.2 Å². The number of hydrogen-bond donors (Lipinski definition) is 1. The molecule has 0 unspecified atom stereocenters. The van der Waals surface area contributed by atoms with E-state index in [4.69, 9.17) is 4.74 Å². The third-order valence-electron chi connectivity index (χ3n) is 3.76. The van der Waals surface area contributed by atoms with Gasteiger partial charge in [0, 0.05) is 25.0 Å². The minimum Gasteiger partial charge on any atom is -0.480 e. The van der Waals surface area contributed by atoms with Crippen LogP contribution in [0.5, 0.6) is 5.88 Å². The summed E-state index contributed by atoms with van der Waals surface area (Å²) in [5.41, 5.74) is -0.981. The van der Waals surface area contributed by atoms with Gasteiger partial charge in [-0.15, -0.1) is 10.2 Å². The monoisotopic (exact) mass is 392 g/mol. The number of aromatic nitrogens is 5. The molecular weight excluding hydrogens is 377 g/mol. The highest BCUT2D eigenvalue weighted by molar-refractivity contribution is 5.95. The smallest absolute Gasteiger partial charge is 0.434 e. The number of nitrogens with zero attached hydrogens (tertiary/aromatic N) is 5. The van der Waals surface area contributed by atoms with Crippen molar-refractivity contribution >= 4 is 5.91 Å². The molecule has 0 saturated carbocycles. The van der Waals surface area contributed by atoms with E-state index in [0.717, 1.165) is 11.8 Å². The Labute approximate surface area is 157 Å². The van der Waals surface area contributed by atoms with Gasteiger partial charge >= 0.3 is 6.18 Å². The Balaban J connectivity index is 1.82. The topological polar surface area (TPSA) is 94.8 Å². The van der Waals surface area contributed by atoms with Crippen LogP contribution in [0, 0.1) is 0 Å². The maximum absolute atomic E-state index is 13.6. The molecule has 0 saturated heterocycles. The van der Waals surface area contributed by atoms with Gasteiger partial charge in [0.1, 0.15) is 0 Å². The second kappa shape index (κ2) is 8.03. The van der Waals surface area contributed by atoms with E-state index in [1.165, 1.54) is 19.2 Å². The van der Waals surface area contributed by atoms with Crippen molar-refractivity contribution in [1.82, 2.24) is 30.3 Å². The summed E-state index contributed by atoms with van der Waals surface area (Å²) in [6.07, 6.45) is -0.316. The van der Waals surface area contributed by atoms with Crippen LogP contribution in [0.1, 0.15) is 21.6 Å². The van der Waals surface area contributed by atoms with Crippen molar-refractivity contribution in [3.8, 4) is 11.7 Å². The lowest BCUT2D eigenvalue weighted by molar-refractivity contribution is -0.143. The van der Waals surface area contributed by atoms with Crippen molar-refractivity contribution in [2.24, 2.45) is 0 Å². The van der Waals surface area contributed by atoms with Gasteiger partial charge in [-0.05, 0) is 24.1 Å². The Kier molecular flexibility index (Phi) is 5.52. The predicted octanol–water partition coefficient (Wildman–Crippen LogP) is 2.06. The van der Waals surface area contributed by atoms with Crippen molar-refractivity contribution in [2.45, 2.75) is 12.6 Å². The fourth-order valence-electron chi connectivity index (χ4n) is 2.46. The lowest BCUT2D eigenvalue weighted by atomic mass is 10.2. The first kappa shape index (κ1) is 19.3. The van der Waals surface area contributed by atoms with Crippen LogP contribution in [0.4, 0.5) is 13.2 Å². The van der Waals surface area contributed by atoms with Gasteiger partial charge in [0.2, 0.25) is 5.88 Å². The maximum Gasteiger partial charge on any atom is 0.434 e. The average molecular weight is 392 g/mol. The zero-order valence-corrected chi connectivity index (χ0v) is 14.6. The van der Waals surface area contributed by atoms with E-state index in [1.54, 1.807) is 24.5 Å². The summed E-state index contributed by atoms with van der Waals surface area (Å²) in [5, 5.41) is 13.4. The lowest BCUT2D eigenvalue weighted by Gasteiger charge is -2.12. The summed E-state index contributed by atoms with van der Waals surface area (Å²) >= 11 is 0. The maximum atomic E-state index is 13.6. The van der Waals surface area contributed by atoms with E-state index < -0.39 is 23.3 Å². The molecule has 146 valence electrons. The molecule has 0 aliphatic heterocycles. The summed E-state index contributed by atoms with van der Waals surface area (Å²) in [6.45, 7) is 0.148. The fraction of sp³-hybridized carbons (Fsp3) is 0.235. The minimum absolute atomic E-state index is 0.137. The molecule has 8 nitrogen and oxygen atoms in total. The Bertz CT molecular complexity index is 942.